The molecule has 1 aromatic carbocycles. The molecule has 40 heavy (non-hydrogen) atoms. The Morgan fingerprint density at radius 1 is 1.32 bits per heavy atom. The number of aromatic amines is 1. The molecule has 0 radical (unpaired) electrons. The Bertz CT molecular complexity index is 1390. The molecule has 2 aliphatic rings. The number of fused-ring (bicyclic) bond motifs is 2. The number of hydrogen-bond acceptors (Lipinski definition) is 6. The van der Waals surface area contributed by atoms with Gasteiger partial charge in [0.05, 0.1) is 16.7 Å². The average molecular weight is 570 g/mol. The molecule has 1 fully saturated rings. The van der Waals surface area contributed by atoms with Crippen LogP contribution in [0.1, 0.15) is 36.0 Å². The number of carbonyl (C=O) groups is 3. The van der Waals surface area contributed by atoms with Crippen molar-refractivity contribution < 1.29 is 18.8 Å². The summed E-state index contributed by atoms with van der Waals surface area (Å²) in [5, 5.41) is 11.1. The van der Waals surface area contributed by atoms with Gasteiger partial charge in [0.1, 0.15) is 18.9 Å². The lowest BCUT2D eigenvalue weighted by Gasteiger charge is -2.38. The quantitative estimate of drug-likeness (QED) is 0.299. The molecular weight excluding hydrogens is 537 g/mol. The first kappa shape index (κ1) is 28.0. The fraction of sp³-hybridized carbons (Fsp3) is 0.464. The van der Waals surface area contributed by atoms with E-state index in [1.807, 2.05) is 17.0 Å². The van der Waals surface area contributed by atoms with Crippen molar-refractivity contribution in [2.45, 2.75) is 44.7 Å². The van der Waals surface area contributed by atoms with Gasteiger partial charge >= 0.3 is 6.03 Å². The number of nitrogens with zero attached hydrogens (tertiary/aromatic N) is 5. The third-order valence-electron chi connectivity index (χ3n) is 7.89. The van der Waals surface area contributed by atoms with Crippen molar-refractivity contribution in [2.75, 3.05) is 38.8 Å². The Kier molecular flexibility index (Phi) is 8.60. The highest BCUT2D eigenvalue weighted by molar-refractivity contribution is 6.35. The lowest BCUT2D eigenvalue weighted by Crippen LogP contribution is -2.50. The molecule has 212 valence electrons. The fourth-order valence-corrected chi connectivity index (χ4v) is 5.99. The molecule has 2 aromatic heterocycles. The van der Waals surface area contributed by atoms with Crippen LogP contribution in [0, 0.1) is 5.92 Å². The van der Waals surface area contributed by atoms with Crippen molar-refractivity contribution in [2.24, 2.45) is 5.92 Å². The van der Waals surface area contributed by atoms with Gasteiger partial charge in [0, 0.05) is 56.1 Å². The van der Waals surface area contributed by atoms with Gasteiger partial charge in [-0.25, -0.2) is 14.2 Å². The van der Waals surface area contributed by atoms with Crippen LogP contribution in [0.25, 0.3) is 10.9 Å². The van der Waals surface area contributed by atoms with Crippen LogP contribution < -0.4 is 5.32 Å². The maximum atomic E-state index is 13.3. The number of aldehydes is 1. The molecule has 4 heterocycles. The van der Waals surface area contributed by atoms with Gasteiger partial charge in [0.15, 0.2) is 0 Å². The normalized spacial score (nSPS) is 17.1. The molecule has 10 nitrogen and oxygen atoms in total. The van der Waals surface area contributed by atoms with Gasteiger partial charge in [0.2, 0.25) is 5.91 Å². The molecule has 2 aliphatic heterocycles. The zero-order chi connectivity index (χ0) is 28.2. The van der Waals surface area contributed by atoms with Gasteiger partial charge in [-0.1, -0.05) is 17.7 Å². The molecule has 12 heteroatoms. The van der Waals surface area contributed by atoms with E-state index in [-0.39, 0.29) is 24.4 Å². The SMILES string of the molecule is CN(CF)Cc1c(C[C@H](C=O)CC(=O)N2CCC(N3CCc4cccnc4NC3=O)CC2)cc(Cl)c2[nH]ncc12. The number of hydrogen-bond donors (Lipinski definition) is 2. The molecule has 3 aromatic rings. The summed E-state index contributed by atoms with van der Waals surface area (Å²) in [5.41, 5.74) is 3.30. The van der Waals surface area contributed by atoms with E-state index in [1.165, 1.54) is 4.90 Å². The lowest BCUT2D eigenvalue weighted by molar-refractivity contribution is -0.134. The Labute approximate surface area is 236 Å². The number of carbonyl (C=O) groups excluding carboxylic acids is 3. The first-order valence-corrected chi connectivity index (χ1v) is 13.9. The molecule has 0 saturated carbocycles. The minimum Gasteiger partial charge on any atom is -0.343 e. The zero-order valence-electron chi connectivity index (χ0n) is 22.4. The van der Waals surface area contributed by atoms with Gasteiger partial charge < -0.3 is 14.6 Å². The Morgan fingerprint density at radius 2 is 2.12 bits per heavy atom. The highest BCUT2D eigenvalue weighted by atomic mass is 35.5. The van der Waals surface area contributed by atoms with Gasteiger partial charge in [0.25, 0.3) is 0 Å². The standard InChI is InChI=1S/C28H33ClFN7O3/c1-35(17-30)15-23-20(13-24(29)26-22(23)14-32-34-26)11-18(16-38)12-25(39)36-8-5-21(6-9-36)37-10-4-19-3-2-7-31-27(19)33-28(37)40/h2-3,7,13-14,16,18,21H,4-6,8-12,15,17H2,1H3,(H,32,34)(H,31,33,40)/t18-/m0/s1. The van der Waals surface area contributed by atoms with Gasteiger partial charge in [-0.2, -0.15) is 5.10 Å². The predicted molar refractivity (Wildman–Crippen MR) is 150 cm³/mol. The summed E-state index contributed by atoms with van der Waals surface area (Å²) in [5.74, 6) is -0.0388. The molecule has 0 spiro atoms. The molecule has 0 unspecified atom stereocenters. The smallest absolute Gasteiger partial charge is 0.323 e. The van der Waals surface area contributed by atoms with E-state index < -0.39 is 12.7 Å². The molecule has 1 atom stereocenters. The van der Waals surface area contributed by atoms with Crippen LogP contribution in [-0.2, 0) is 29.0 Å². The number of halogens is 2. The summed E-state index contributed by atoms with van der Waals surface area (Å²) >= 11 is 6.47. The highest BCUT2D eigenvalue weighted by Gasteiger charge is 2.32. The lowest BCUT2D eigenvalue weighted by atomic mass is 9.91. The minimum atomic E-state index is -0.629. The van der Waals surface area contributed by atoms with E-state index in [0.717, 1.165) is 34.8 Å². The molecule has 3 amide bonds. The second-order valence-electron chi connectivity index (χ2n) is 10.6. The summed E-state index contributed by atoms with van der Waals surface area (Å²) in [7, 11) is 1.67. The van der Waals surface area contributed by atoms with Gasteiger partial charge in [-0.3, -0.25) is 20.1 Å². The molecule has 0 aliphatic carbocycles. The van der Waals surface area contributed by atoms with Crippen molar-refractivity contribution in [3.05, 3.63) is 52.3 Å². The van der Waals surface area contributed by atoms with Crippen LogP contribution in [0.2, 0.25) is 5.02 Å². The maximum Gasteiger partial charge on any atom is 0.323 e. The summed E-state index contributed by atoms with van der Waals surface area (Å²) in [4.78, 5) is 47.6. The number of anilines is 1. The van der Waals surface area contributed by atoms with E-state index in [2.05, 4.69) is 20.5 Å². The van der Waals surface area contributed by atoms with Crippen molar-refractivity contribution >= 4 is 46.5 Å². The van der Waals surface area contributed by atoms with E-state index in [0.29, 0.717) is 61.8 Å². The Balaban J connectivity index is 1.21. The molecule has 1 saturated heterocycles. The van der Waals surface area contributed by atoms with E-state index in [9.17, 15) is 18.8 Å². The van der Waals surface area contributed by atoms with Crippen molar-refractivity contribution in [3.63, 3.8) is 0 Å². The van der Waals surface area contributed by atoms with Crippen molar-refractivity contribution in [1.82, 2.24) is 29.9 Å². The van der Waals surface area contributed by atoms with Crippen LogP contribution in [0.4, 0.5) is 15.0 Å². The molecule has 2 N–H and O–H groups in total. The fourth-order valence-electron chi connectivity index (χ4n) is 5.71. The van der Waals surface area contributed by atoms with Gasteiger partial charge in [-0.05, 0) is 61.6 Å². The van der Waals surface area contributed by atoms with Crippen LogP contribution in [0.3, 0.4) is 0 Å². The second-order valence-corrected chi connectivity index (χ2v) is 11.0. The topological polar surface area (TPSA) is 115 Å². The number of piperidine rings is 1. The monoisotopic (exact) mass is 569 g/mol. The largest absolute Gasteiger partial charge is 0.343 e. The number of alkyl halides is 1. The summed E-state index contributed by atoms with van der Waals surface area (Å²) < 4.78 is 13.3. The average Bonchev–Trinajstić information content (AvgIpc) is 3.40. The number of rotatable bonds is 9. The number of urea groups is 1. The van der Waals surface area contributed by atoms with Gasteiger partial charge in [-0.15, -0.1) is 0 Å². The van der Waals surface area contributed by atoms with E-state index >= 15 is 0 Å². The number of pyridine rings is 1. The number of nitrogens with one attached hydrogen (secondary N) is 2. The van der Waals surface area contributed by atoms with E-state index in [1.54, 1.807) is 30.4 Å². The molecule has 5 rings (SSSR count). The maximum absolute atomic E-state index is 13.3. The Morgan fingerprint density at radius 3 is 2.88 bits per heavy atom. The van der Waals surface area contributed by atoms with E-state index in [4.69, 9.17) is 11.6 Å². The van der Waals surface area contributed by atoms with Crippen LogP contribution in [0.15, 0.2) is 30.6 Å². The third-order valence-corrected chi connectivity index (χ3v) is 8.19. The van der Waals surface area contributed by atoms with Crippen LogP contribution in [-0.4, -0.2) is 87.6 Å². The third kappa shape index (κ3) is 5.95. The number of H-pyrrole nitrogens is 1. The summed E-state index contributed by atoms with van der Waals surface area (Å²) in [6, 6.07) is 5.48. The number of aromatic nitrogens is 3. The van der Waals surface area contributed by atoms with Crippen LogP contribution in [0.5, 0.6) is 0 Å². The first-order valence-electron chi connectivity index (χ1n) is 13.5. The first-order chi connectivity index (χ1) is 19.4. The second kappa shape index (κ2) is 12.3. The molecule has 0 bridgehead atoms. The number of likely N-dealkylation sites (tertiary alicyclic amines) is 1. The summed E-state index contributed by atoms with van der Waals surface area (Å²) in [6.07, 6.45) is 6.57. The zero-order valence-corrected chi connectivity index (χ0v) is 23.2. The molecular formula is C28H33ClFN7O3. The number of benzene rings is 1. The predicted octanol–water partition coefficient (Wildman–Crippen LogP) is 3.80. The number of amides is 3. The summed E-state index contributed by atoms with van der Waals surface area (Å²) in [6.45, 7) is 1.32. The van der Waals surface area contributed by atoms with Crippen molar-refractivity contribution in [1.29, 1.82) is 0 Å². The van der Waals surface area contributed by atoms with Crippen LogP contribution >= 0.6 is 11.6 Å². The van der Waals surface area contributed by atoms with Crippen molar-refractivity contribution in [3.8, 4) is 0 Å². The Hall–Kier alpha value is -3.57. The highest BCUT2D eigenvalue weighted by Crippen LogP contribution is 2.31. The minimum absolute atomic E-state index is 0.0270.